The minimum atomic E-state index is 0.548. The molecule has 2 aliphatic rings. The first kappa shape index (κ1) is 17.9. The van der Waals surface area contributed by atoms with Gasteiger partial charge in [0.15, 0.2) is 0 Å². The molecule has 0 radical (unpaired) electrons. The topological polar surface area (TPSA) is 28.6 Å². The number of ether oxygens (including phenoxy) is 1. The second-order valence-electron chi connectivity index (χ2n) is 7.00. The molecule has 4 rings (SSSR count). The summed E-state index contributed by atoms with van der Waals surface area (Å²) in [5, 5.41) is 1.10. The normalized spacial score (nSPS) is 19.1. The Kier molecular flexibility index (Phi) is 5.53. The molecule has 2 heterocycles. The highest BCUT2D eigenvalue weighted by Crippen LogP contribution is 2.29. The lowest BCUT2D eigenvalue weighted by atomic mass is 9.91. The Bertz CT molecular complexity index is 746. The monoisotopic (exact) mass is 391 g/mol. The molecular weight excluding hydrogens is 369 g/mol. The van der Waals surface area contributed by atoms with E-state index in [0.717, 1.165) is 31.5 Å². The number of pyridine rings is 1. The third kappa shape index (κ3) is 4.25. The summed E-state index contributed by atoms with van der Waals surface area (Å²) < 4.78 is 5.87. The summed E-state index contributed by atoms with van der Waals surface area (Å²) in [5.74, 6) is 2.12. The molecule has 0 spiro atoms. The highest BCUT2D eigenvalue weighted by Gasteiger charge is 2.26. The number of hydrogen-bond donors (Lipinski definition) is 0. The Morgan fingerprint density at radius 3 is 2.46 bits per heavy atom. The Balaban J connectivity index is 1.45. The Labute approximate surface area is 164 Å². The van der Waals surface area contributed by atoms with Crippen molar-refractivity contribution in [3.05, 3.63) is 46.4 Å². The Morgan fingerprint density at radius 1 is 0.923 bits per heavy atom. The summed E-state index contributed by atoms with van der Waals surface area (Å²) in [7, 11) is 0. The van der Waals surface area contributed by atoms with Crippen LogP contribution in [0.1, 0.15) is 25.7 Å². The van der Waals surface area contributed by atoms with Crippen LogP contribution in [0.25, 0.3) is 0 Å². The molecule has 1 aliphatic heterocycles. The molecule has 1 saturated heterocycles. The number of nitrogens with zero attached hydrogens (tertiary/aromatic N) is 3. The molecule has 0 N–H and O–H groups in total. The number of anilines is 1. The van der Waals surface area contributed by atoms with Gasteiger partial charge in [0.05, 0.1) is 0 Å². The van der Waals surface area contributed by atoms with Crippen LogP contribution in [0.2, 0.25) is 10.0 Å². The van der Waals surface area contributed by atoms with Crippen molar-refractivity contribution in [2.24, 2.45) is 0 Å². The molecule has 138 valence electrons. The molecule has 2 aromatic rings. The summed E-state index contributed by atoms with van der Waals surface area (Å²) in [4.78, 5) is 9.70. The molecule has 26 heavy (non-hydrogen) atoms. The van der Waals surface area contributed by atoms with Crippen molar-refractivity contribution in [3.8, 4) is 11.6 Å². The highest BCUT2D eigenvalue weighted by molar-refractivity contribution is 6.34. The zero-order valence-electron chi connectivity index (χ0n) is 14.7. The van der Waals surface area contributed by atoms with E-state index in [4.69, 9.17) is 32.9 Å². The van der Waals surface area contributed by atoms with E-state index >= 15 is 0 Å². The maximum absolute atomic E-state index is 6.05. The van der Waals surface area contributed by atoms with Gasteiger partial charge in [-0.3, -0.25) is 4.90 Å². The number of benzene rings is 1. The average Bonchev–Trinajstić information content (AvgIpc) is 2.79. The Morgan fingerprint density at radius 2 is 1.73 bits per heavy atom. The van der Waals surface area contributed by atoms with E-state index in [1.165, 1.54) is 32.2 Å². The quantitative estimate of drug-likeness (QED) is 0.711. The van der Waals surface area contributed by atoms with Crippen LogP contribution in [0.3, 0.4) is 0 Å². The lowest BCUT2D eigenvalue weighted by Gasteiger charge is -2.36. The van der Waals surface area contributed by atoms with Gasteiger partial charge in [-0.1, -0.05) is 35.7 Å². The SMILES string of the molecule is Clc1cc(Cl)cc(Oc2cccc(N3CCCN(C4CCC4)CC3)n2)c1. The second kappa shape index (κ2) is 8.03. The van der Waals surface area contributed by atoms with Crippen molar-refractivity contribution in [3.63, 3.8) is 0 Å². The molecule has 0 amide bonds. The summed E-state index contributed by atoms with van der Waals surface area (Å²) in [6.45, 7) is 4.35. The van der Waals surface area contributed by atoms with Gasteiger partial charge in [0.25, 0.3) is 0 Å². The van der Waals surface area contributed by atoms with E-state index in [1.54, 1.807) is 18.2 Å². The first-order valence-electron chi connectivity index (χ1n) is 9.27. The molecule has 0 bridgehead atoms. The van der Waals surface area contributed by atoms with Crippen molar-refractivity contribution < 1.29 is 4.74 Å². The van der Waals surface area contributed by atoms with Crippen molar-refractivity contribution in [2.45, 2.75) is 31.7 Å². The minimum Gasteiger partial charge on any atom is -0.439 e. The van der Waals surface area contributed by atoms with Crippen LogP contribution in [0.4, 0.5) is 5.82 Å². The summed E-state index contributed by atoms with van der Waals surface area (Å²) in [6, 6.07) is 11.9. The molecular formula is C20H23Cl2N3O. The predicted octanol–water partition coefficient (Wildman–Crippen LogP) is 5.25. The van der Waals surface area contributed by atoms with Crippen LogP contribution in [-0.2, 0) is 0 Å². The van der Waals surface area contributed by atoms with Crippen LogP contribution < -0.4 is 9.64 Å². The van der Waals surface area contributed by atoms with Gasteiger partial charge in [0.2, 0.25) is 5.88 Å². The van der Waals surface area contributed by atoms with Crippen molar-refractivity contribution >= 4 is 29.0 Å². The smallest absolute Gasteiger partial charge is 0.221 e. The lowest BCUT2D eigenvalue weighted by molar-refractivity contribution is 0.136. The third-order valence-corrected chi connectivity index (χ3v) is 5.65. The van der Waals surface area contributed by atoms with E-state index in [1.807, 2.05) is 12.1 Å². The fourth-order valence-corrected chi connectivity index (χ4v) is 4.13. The summed E-state index contributed by atoms with van der Waals surface area (Å²) in [5.41, 5.74) is 0. The lowest BCUT2D eigenvalue weighted by Crippen LogP contribution is -2.42. The van der Waals surface area contributed by atoms with Gasteiger partial charge in [-0.05, 0) is 43.5 Å². The molecule has 0 atom stereocenters. The second-order valence-corrected chi connectivity index (χ2v) is 7.88. The van der Waals surface area contributed by atoms with E-state index in [-0.39, 0.29) is 0 Å². The first-order valence-corrected chi connectivity index (χ1v) is 10.0. The third-order valence-electron chi connectivity index (χ3n) is 5.21. The number of halogens is 2. The van der Waals surface area contributed by atoms with Crippen LogP contribution in [0, 0.1) is 0 Å². The van der Waals surface area contributed by atoms with Gasteiger partial charge >= 0.3 is 0 Å². The van der Waals surface area contributed by atoms with Gasteiger partial charge in [-0.2, -0.15) is 4.98 Å². The van der Waals surface area contributed by atoms with Crippen LogP contribution in [0.15, 0.2) is 36.4 Å². The van der Waals surface area contributed by atoms with Crippen molar-refractivity contribution in [1.29, 1.82) is 0 Å². The maximum Gasteiger partial charge on any atom is 0.221 e. The van der Waals surface area contributed by atoms with Gasteiger partial charge in [0.1, 0.15) is 11.6 Å². The van der Waals surface area contributed by atoms with Gasteiger partial charge in [0, 0.05) is 48.3 Å². The van der Waals surface area contributed by atoms with Gasteiger partial charge < -0.3 is 9.64 Å². The average molecular weight is 392 g/mol. The summed E-state index contributed by atoms with van der Waals surface area (Å²) >= 11 is 12.1. The molecule has 2 fully saturated rings. The molecule has 1 aliphatic carbocycles. The van der Waals surface area contributed by atoms with Crippen molar-refractivity contribution in [2.75, 3.05) is 31.1 Å². The van der Waals surface area contributed by atoms with Crippen LogP contribution in [-0.4, -0.2) is 42.1 Å². The van der Waals surface area contributed by atoms with E-state index in [9.17, 15) is 0 Å². The van der Waals surface area contributed by atoms with Crippen LogP contribution >= 0.6 is 23.2 Å². The minimum absolute atomic E-state index is 0.548. The fourth-order valence-electron chi connectivity index (χ4n) is 3.63. The molecule has 6 heteroatoms. The number of aromatic nitrogens is 1. The van der Waals surface area contributed by atoms with Crippen molar-refractivity contribution in [1.82, 2.24) is 9.88 Å². The molecule has 4 nitrogen and oxygen atoms in total. The number of hydrogen-bond acceptors (Lipinski definition) is 4. The predicted molar refractivity (Wildman–Crippen MR) is 107 cm³/mol. The Hall–Kier alpha value is -1.49. The molecule has 1 aromatic carbocycles. The molecule has 1 saturated carbocycles. The zero-order chi connectivity index (χ0) is 17.9. The summed E-state index contributed by atoms with van der Waals surface area (Å²) in [6.07, 6.45) is 5.29. The van der Waals surface area contributed by atoms with Gasteiger partial charge in [-0.25, -0.2) is 0 Å². The molecule has 1 aromatic heterocycles. The zero-order valence-corrected chi connectivity index (χ0v) is 16.2. The van der Waals surface area contributed by atoms with Gasteiger partial charge in [-0.15, -0.1) is 0 Å². The first-order chi connectivity index (χ1) is 12.7. The largest absolute Gasteiger partial charge is 0.439 e. The van der Waals surface area contributed by atoms with E-state index < -0.39 is 0 Å². The van der Waals surface area contributed by atoms with Crippen LogP contribution in [0.5, 0.6) is 11.6 Å². The highest BCUT2D eigenvalue weighted by atomic mass is 35.5. The standard InChI is InChI=1S/C20H23Cl2N3O/c21-15-12-16(22)14-18(13-15)26-20-7-2-6-19(23-20)25-9-3-8-24(10-11-25)17-4-1-5-17/h2,6-7,12-14,17H,1,3-5,8-11H2. The number of rotatable bonds is 4. The van der Waals surface area contributed by atoms with E-state index in [2.05, 4.69) is 15.9 Å². The van der Waals surface area contributed by atoms with E-state index in [0.29, 0.717) is 21.7 Å². The fraction of sp³-hybridized carbons (Fsp3) is 0.450. The molecule has 0 unspecified atom stereocenters. The maximum atomic E-state index is 6.05.